The first-order valence-corrected chi connectivity index (χ1v) is 7.38. The molecule has 0 spiro atoms. The van der Waals surface area contributed by atoms with Gasteiger partial charge in [-0.05, 0) is 24.6 Å². The van der Waals surface area contributed by atoms with Gasteiger partial charge in [0.05, 0.1) is 17.2 Å². The highest BCUT2D eigenvalue weighted by molar-refractivity contribution is 6.37. The van der Waals surface area contributed by atoms with Gasteiger partial charge in [-0.3, -0.25) is 15.5 Å². The second-order valence-corrected chi connectivity index (χ2v) is 4.86. The highest BCUT2D eigenvalue weighted by Gasteiger charge is 2.14. The van der Waals surface area contributed by atoms with E-state index in [1.165, 1.54) is 24.3 Å². The highest BCUT2D eigenvalue weighted by atomic mass is 16.6. The molecule has 0 aromatic heterocycles. The molecule has 2 aromatic carbocycles. The second kappa shape index (κ2) is 8.42. The van der Waals surface area contributed by atoms with Crippen molar-refractivity contribution in [2.24, 2.45) is 5.10 Å². The Kier molecular flexibility index (Phi) is 6.01. The maximum Gasteiger partial charge on any atom is 0.354 e. The first-order valence-electron chi connectivity index (χ1n) is 7.38. The fourth-order valence-corrected chi connectivity index (χ4v) is 1.95. The highest BCUT2D eigenvalue weighted by Crippen LogP contribution is 2.15. The molecule has 0 aliphatic heterocycles. The smallest absolute Gasteiger partial charge is 0.354 e. The Bertz CT molecular complexity index is 727. The van der Waals surface area contributed by atoms with Crippen molar-refractivity contribution < 1.29 is 14.5 Å². The molecular formula is C17H17N3O4. The third-order valence-electron chi connectivity index (χ3n) is 3.12. The summed E-state index contributed by atoms with van der Waals surface area (Å²) in [4.78, 5) is 22.2. The average Bonchev–Trinajstić information content (AvgIpc) is 2.60. The number of rotatable bonds is 7. The van der Waals surface area contributed by atoms with Gasteiger partial charge in [0.1, 0.15) is 5.71 Å². The molecule has 0 radical (unpaired) electrons. The first kappa shape index (κ1) is 17.1. The van der Waals surface area contributed by atoms with Gasteiger partial charge in [0.25, 0.3) is 5.69 Å². The van der Waals surface area contributed by atoms with E-state index in [0.717, 1.165) is 5.56 Å². The lowest BCUT2D eigenvalue weighted by Gasteiger charge is -2.07. The normalized spacial score (nSPS) is 11.0. The lowest BCUT2D eigenvalue weighted by molar-refractivity contribution is -0.384. The van der Waals surface area contributed by atoms with Gasteiger partial charge >= 0.3 is 5.97 Å². The number of non-ortho nitro benzene ring substituents is 1. The number of esters is 1. The van der Waals surface area contributed by atoms with Crippen molar-refractivity contribution in [3.63, 3.8) is 0 Å². The molecule has 0 unspecified atom stereocenters. The van der Waals surface area contributed by atoms with Crippen LogP contribution in [0.25, 0.3) is 0 Å². The van der Waals surface area contributed by atoms with Gasteiger partial charge in [0.15, 0.2) is 0 Å². The molecule has 7 heteroatoms. The number of anilines is 1. The number of ether oxygens (including phenoxy) is 1. The van der Waals surface area contributed by atoms with Crippen molar-refractivity contribution in [2.45, 2.75) is 13.3 Å². The van der Waals surface area contributed by atoms with Gasteiger partial charge in [0, 0.05) is 18.6 Å². The van der Waals surface area contributed by atoms with E-state index in [2.05, 4.69) is 10.5 Å². The van der Waals surface area contributed by atoms with Gasteiger partial charge in [-0.25, -0.2) is 4.79 Å². The van der Waals surface area contributed by atoms with E-state index in [1.807, 2.05) is 30.3 Å². The van der Waals surface area contributed by atoms with Crippen molar-refractivity contribution in [3.8, 4) is 0 Å². The molecule has 0 saturated carbocycles. The fraction of sp³-hybridized carbons (Fsp3) is 0.176. The molecule has 0 bridgehead atoms. The number of benzene rings is 2. The molecule has 0 aliphatic carbocycles. The van der Waals surface area contributed by atoms with Crippen LogP contribution in [0.2, 0.25) is 0 Å². The van der Waals surface area contributed by atoms with Crippen LogP contribution in [-0.4, -0.2) is 23.2 Å². The standard InChI is InChI=1S/C17H17N3O4/c1-2-24-17(21)16(12-13-6-4-3-5-7-13)19-18-14-8-10-15(11-9-14)20(22)23/h3-11,18H,2,12H2,1H3/b19-16+. The average molecular weight is 327 g/mol. The minimum atomic E-state index is -0.504. The molecule has 0 heterocycles. The summed E-state index contributed by atoms with van der Waals surface area (Å²) in [5.74, 6) is -0.504. The van der Waals surface area contributed by atoms with Crippen LogP contribution in [-0.2, 0) is 16.0 Å². The molecule has 0 atom stereocenters. The zero-order valence-electron chi connectivity index (χ0n) is 13.1. The van der Waals surface area contributed by atoms with E-state index in [9.17, 15) is 14.9 Å². The summed E-state index contributed by atoms with van der Waals surface area (Å²) < 4.78 is 5.02. The zero-order chi connectivity index (χ0) is 17.4. The van der Waals surface area contributed by atoms with Crippen LogP contribution in [0.4, 0.5) is 11.4 Å². The Morgan fingerprint density at radius 1 is 1.17 bits per heavy atom. The summed E-state index contributed by atoms with van der Waals surface area (Å²) in [5.41, 5.74) is 4.41. The summed E-state index contributed by atoms with van der Waals surface area (Å²) in [6.45, 7) is 1.98. The minimum absolute atomic E-state index is 0.0144. The van der Waals surface area contributed by atoms with Gasteiger partial charge in [-0.1, -0.05) is 30.3 Å². The molecule has 1 N–H and O–H groups in total. The topological polar surface area (TPSA) is 93.8 Å². The van der Waals surface area contributed by atoms with Crippen molar-refractivity contribution in [1.82, 2.24) is 0 Å². The van der Waals surface area contributed by atoms with E-state index in [4.69, 9.17) is 4.74 Å². The van der Waals surface area contributed by atoms with E-state index in [1.54, 1.807) is 6.92 Å². The summed E-state index contributed by atoms with van der Waals surface area (Å²) in [7, 11) is 0. The minimum Gasteiger partial charge on any atom is -0.461 e. The Morgan fingerprint density at radius 3 is 2.42 bits per heavy atom. The molecule has 2 rings (SSSR count). The number of nitro benzene ring substituents is 1. The number of carbonyl (C=O) groups excluding carboxylic acids is 1. The van der Waals surface area contributed by atoms with Crippen LogP contribution in [0.3, 0.4) is 0 Å². The molecule has 0 saturated heterocycles. The molecular weight excluding hydrogens is 310 g/mol. The summed E-state index contributed by atoms with van der Waals surface area (Å²) >= 11 is 0. The predicted molar refractivity (Wildman–Crippen MR) is 90.9 cm³/mol. The summed E-state index contributed by atoms with van der Waals surface area (Å²) in [6.07, 6.45) is 0.319. The quantitative estimate of drug-likeness (QED) is 0.365. The maximum absolute atomic E-state index is 12.0. The fourth-order valence-electron chi connectivity index (χ4n) is 1.95. The zero-order valence-corrected chi connectivity index (χ0v) is 13.1. The van der Waals surface area contributed by atoms with Crippen molar-refractivity contribution >= 4 is 23.1 Å². The van der Waals surface area contributed by atoms with Crippen LogP contribution in [0.15, 0.2) is 59.7 Å². The molecule has 124 valence electrons. The van der Waals surface area contributed by atoms with Gasteiger partial charge in [0.2, 0.25) is 0 Å². The van der Waals surface area contributed by atoms with Crippen LogP contribution in [0.1, 0.15) is 12.5 Å². The maximum atomic E-state index is 12.0. The number of nitrogens with zero attached hydrogens (tertiary/aromatic N) is 2. The Hall–Kier alpha value is -3.22. The number of nitrogens with one attached hydrogen (secondary N) is 1. The van der Waals surface area contributed by atoms with E-state index >= 15 is 0 Å². The third-order valence-corrected chi connectivity index (χ3v) is 3.12. The number of carbonyl (C=O) groups is 1. The predicted octanol–water partition coefficient (Wildman–Crippen LogP) is 3.17. The van der Waals surface area contributed by atoms with E-state index in [0.29, 0.717) is 12.1 Å². The van der Waals surface area contributed by atoms with Gasteiger partial charge in [-0.2, -0.15) is 5.10 Å². The van der Waals surface area contributed by atoms with Crippen LogP contribution < -0.4 is 5.43 Å². The largest absolute Gasteiger partial charge is 0.461 e. The molecule has 0 aliphatic rings. The van der Waals surface area contributed by atoms with Gasteiger partial charge in [-0.15, -0.1) is 0 Å². The SMILES string of the molecule is CCOC(=O)/C(Cc1ccccc1)=N/Nc1ccc([N+](=O)[O-])cc1. The molecule has 24 heavy (non-hydrogen) atoms. The van der Waals surface area contributed by atoms with Gasteiger partial charge < -0.3 is 4.74 Å². The second-order valence-electron chi connectivity index (χ2n) is 4.86. The number of nitro groups is 1. The molecule has 7 nitrogen and oxygen atoms in total. The molecule has 0 fully saturated rings. The van der Waals surface area contributed by atoms with Crippen molar-refractivity contribution in [1.29, 1.82) is 0 Å². The Morgan fingerprint density at radius 2 is 1.83 bits per heavy atom. The van der Waals surface area contributed by atoms with Crippen LogP contribution in [0, 0.1) is 10.1 Å². The monoisotopic (exact) mass is 327 g/mol. The van der Waals surface area contributed by atoms with Crippen LogP contribution >= 0.6 is 0 Å². The summed E-state index contributed by atoms with van der Waals surface area (Å²) in [5, 5.41) is 14.7. The van der Waals surface area contributed by atoms with Crippen molar-refractivity contribution in [2.75, 3.05) is 12.0 Å². The number of hydrazone groups is 1. The third kappa shape index (κ3) is 4.91. The Balaban J connectivity index is 2.14. The van der Waals surface area contributed by atoms with Crippen LogP contribution in [0.5, 0.6) is 0 Å². The number of hydrogen-bond donors (Lipinski definition) is 1. The van der Waals surface area contributed by atoms with Crippen molar-refractivity contribution in [3.05, 3.63) is 70.3 Å². The van der Waals surface area contributed by atoms with E-state index < -0.39 is 10.9 Å². The van der Waals surface area contributed by atoms with E-state index in [-0.39, 0.29) is 18.0 Å². The summed E-state index contributed by atoms with van der Waals surface area (Å²) in [6, 6.07) is 15.2. The first-order chi connectivity index (χ1) is 11.6. The lowest BCUT2D eigenvalue weighted by Crippen LogP contribution is -2.21. The lowest BCUT2D eigenvalue weighted by atomic mass is 10.1. The molecule has 0 amide bonds. The Labute approximate surface area is 139 Å². The molecule has 2 aromatic rings. The number of hydrogen-bond acceptors (Lipinski definition) is 6.